The van der Waals surface area contributed by atoms with Gasteiger partial charge in [0.15, 0.2) is 0 Å². The van der Waals surface area contributed by atoms with Gasteiger partial charge in [0.25, 0.3) is 0 Å². The molecule has 0 atom stereocenters. The number of benzene rings is 1. The van der Waals surface area contributed by atoms with Crippen LogP contribution in [0.4, 0.5) is 5.69 Å². The number of nitrogens with two attached hydrogens (primary N) is 1. The van der Waals surface area contributed by atoms with Gasteiger partial charge in [-0.05, 0) is 32.9 Å². The summed E-state index contributed by atoms with van der Waals surface area (Å²) in [6.07, 6.45) is 0. The van der Waals surface area contributed by atoms with Gasteiger partial charge in [0, 0.05) is 5.69 Å². The summed E-state index contributed by atoms with van der Waals surface area (Å²) in [4.78, 5) is 11.7. The molecule has 0 aliphatic rings. The van der Waals surface area contributed by atoms with Crippen molar-refractivity contribution in [3.63, 3.8) is 0 Å². The maximum atomic E-state index is 11.7. The smallest absolute Gasteiger partial charge is 0.340 e. The molecule has 0 saturated carbocycles. The summed E-state index contributed by atoms with van der Waals surface area (Å²) in [5, 5.41) is 0.586. The minimum atomic E-state index is -0.574. The third-order valence-electron chi connectivity index (χ3n) is 1.71. The average molecular weight is 262 g/mol. The molecule has 0 aliphatic heterocycles. The summed E-state index contributed by atoms with van der Waals surface area (Å²) in [6, 6.07) is 2.84. The maximum Gasteiger partial charge on any atom is 0.340 e. The van der Waals surface area contributed by atoms with E-state index in [4.69, 9.17) is 33.7 Å². The van der Waals surface area contributed by atoms with Gasteiger partial charge in [-0.1, -0.05) is 23.2 Å². The minimum absolute atomic E-state index is 0.226. The molecular formula is C11H13Cl2NO2. The Kier molecular flexibility index (Phi) is 3.71. The molecule has 1 rings (SSSR count). The Morgan fingerprint density at radius 1 is 1.25 bits per heavy atom. The number of ether oxygens (including phenoxy) is 1. The fraction of sp³-hybridized carbons (Fsp3) is 0.364. The van der Waals surface area contributed by atoms with Crippen molar-refractivity contribution in [3.8, 4) is 0 Å². The molecule has 0 saturated heterocycles. The lowest BCUT2D eigenvalue weighted by atomic mass is 10.1. The van der Waals surface area contributed by atoms with E-state index in [9.17, 15) is 4.79 Å². The summed E-state index contributed by atoms with van der Waals surface area (Å²) >= 11 is 11.6. The summed E-state index contributed by atoms with van der Waals surface area (Å²) in [5.41, 5.74) is 5.57. The number of hydrogen-bond acceptors (Lipinski definition) is 3. The van der Waals surface area contributed by atoms with Crippen LogP contribution in [0.15, 0.2) is 12.1 Å². The SMILES string of the molecule is CC(C)(C)OC(=O)c1cc(Cl)c(Cl)cc1N. The standard InChI is InChI=1S/C11H13Cl2NO2/c1-11(2,3)16-10(15)6-4-7(12)8(13)5-9(6)14/h4-5H,14H2,1-3H3. The van der Waals surface area contributed by atoms with E-state index in [-0.39, 0.29) is 16.3 Å². The average Bonchev–Trinajstić information content (AvgIpc) is 2.08. The van der Waals surface area contributed by atoms with Gasteiger partial charge < -0.3 is 10.5 Å². The van der Waals surface area contributed by atoms with Crippen molar-refractivity contribution in [1.29, 1.82) is 0 Å². The topological polar surface area (TPSA) is 52.3 Å². The second-order valence-electron chi connectivity index (χ2n) is 4.36. The van der Waals surface area contributed by atoms with Crippen molar-refractivity contribution in [2.45, 2.75) is 26.4 Å². The molecule has 2 N–H and O–H groups in total. The van der Waals surface area contributed by atoms with Crippen LogP contribution in [0.3, 0.4) is 0 Å². The van der Waals surface area contributed by atoms with Crippen LogP contribution in [0.2, 0.25) is 10.0 Å². The molecule has 0 bridgehead atoms. The zero-order valence-corrected chi connectivity index (χ0v) is 10.8. The predicted octanol–water partition coefficient (Wildman–Crippen LogP) is 3.53. The first-order valence-electron chi connectivity index (χ1n) is 4.68. The number of carbonyl (C=O) groups excluding carboxylic acids is 1. The lowest BCUT2D eigenvalue weighted by Gasteiger charge is -2.20. The Labute approximate surface area is 104 Å². The lowest BCUT2D eigenvalue weighted by molar-refractivity contribution is 0.00708. The lowest BCUT2D eigenvalue weighted by Crippen LogP contribution is -2.24. The summed E-state index contributed by atoms with van der Waals surface area (Å²) in [6.45, 7) is 5.33. The van der Waals surface area contributed by atoms with Crippen LogP contribution in [-0.4, -0.2) is 11.6 Å². The van der Waals surface area contributed by atoms with E-state index in [0.717, 1.165) is 0 Å². The van der Waals surface area contributed by atoms with Gasteiger partial charge in [-0.25, -0.2) is 4.79 Å². The van der Waals surface area contributed by atoms with Crippen LogP contribution in [-0.2, 0) is 4.74 Å². The third-order valence-corrected chi connectivity index (χ3v) is 2.43. The van der Waals surface area contributed by atoms with Gasteiger partial charge in [0.1, 0.15) is 5.60 Å². The Morgan fingerprint density at radius 2 is 1.75 bits per heavy atom. The summed E-state index contributed by atoms with van der Waals surface area (Å²) in [7, 11) is 0. The van der Waals surface area contributed by atoms with E-state index in [1.54, 1.807) is 20.8 Å². The monoisotopic (exact) mass is 261 g/mol. The van der Waals surface area contributed by atoms with E-state index in [1.165, 1.54) is 12.1 Å². The molecule has 1 aromatic rings. The van der Waals surface area contributed by atoms with E-state index in [0.29, 0.717) is 5.02 Å². The molecule has 0 aromatic heterocycles. The Balaban J connectivity index is 3.05. The van der Waals surface area contributed by atoms with E-state index < -0.39 is 11.6 Å². The second-order valence-corrected chi connectivity index (χ2v) is 5.17. The van der Waals surface area contributed by atoms with Gasteiger partial charge >= 0.3 is 5.97 Å². The normalized spacial score (nSPS) is 11.3. The van der Waals surface area contributed by atoms with Crippen molar-refractivity contribution in [3.05, 3.63) is 27.7 Å². The van der Waals surface area contributed by atoms with E-state index in [1.807, 2.05) is 0 Å². The molecule has 3 nitrogen and oxygen atoms in total. The fourth-order valence-corrected chi connectivity index (χ4v) is 1.41. The minimum Gasteiger partial charge on any atom is -0.456 e. The van der Waals surface area contributed by atoms with Crippen molar-refractivity contribution in [2.75, 3.05) is 5.73 Å². The van der Waals surface area contributed by atoms with E-state index >= 15 is 0 Å². The number of hydrogen-bond donors (Lipinski definition) is 1. The third kappa shape index (κ3) is 3.29. The Bertz CT molecular complexity index is 425. The van der Waals surface area contributed by atoms with Crippen LogP contribution in [0.1, 0.15) is 31.1 Å². The molecule has 0 unspecified atom stereocenters. The number of esters is 1. The largest absolute Gasteiger partial charge is 0.456 e. The first-order valence-corrected chi connectivity index (χ1v) is 5.44. The highest BCUT2D eigenvalue weighted by Gasteiger charge is 2.20. The second kappa shape index (κ2) is 4.52. The first kappa shape index (κ1) is 13.1. The molecule has 0 fully saturated rings. The Hall–Kier alpha value is -0.930. The van der Waals surface area contributed by atoms with Crippen molar-refractivity contribution in [2.24, 2.45) is 0 Å². The van der Waals surface area contributed by atoms with Crippen LogP contribution >= 0.6 is 23.2 Å². The fourth-order valence-electron chi connectivity index (χ4n) is 1.07. The molecule has 0 amide bonds. The first-order chi connectivity index (χ1) is 7.20. The number of halogens is 2. The molecule has 88 valence electrons. The van der Waals surface area contributed by atoms with E-state index in [2.05, 4.69) is 0 Å². The number of rotatable bonds is 1. The number of anilines is 1. The van der Waals surface area contributed by atoms with Gasteiger partial charge in [-0.3, -0.25) is 0 Å². The highest BCUT2D eigenvalue weighted by atomic mass is 35.5. The van der Waals surface area contributed by atoms with Crippen molar-refractivity contribution in [1.82, 2.24) is 0 Å². The molecule has 5 heteroatoms. The number of carbonyl (C=O) groups is 1. The van der Waals surface area contributed by atoms with Gasteiger partial charge in [-0.15, -0.1) is 0 Å². The molecule has 0 spiro atoms. The van der Waals surface area contributed by atoms with Gasteiger partial charge in [0.2, 0.25) is 0 Å². The summed E-state index contributed by atoms with van der Waals surface area (Å²) < 4.78 is 5.18. The van der Waals surface area contributed by atoms with Crippen molar-refractivity contribution < 1.29 is 9.53 Å². The summed E-state index contributed by atoms with van der Waals surface area (Å²) in [5.74, 6) is -0.511. The zero-order valence-electron chi connectivity index (χ0n) is 9.30. The highest BCUT2D eigenvalue weighted by Crippen LogP contribution is 2.28. The van der Waals surface area contributed by atoms with Gasteiger partial charge in [0.05, 0.1) is 15.6 Å². The van der Waals surface area contributed by atoms with Crippen LogP contribution in [0, 0.1) is 0 Å². The Morgan fingerprint density at radius 3 is 2.25 bits per heavy atom. The predicted molar refractivity (Wildman–Crippen MR) is 66.0 cm³/mol. The van der Waals surface area contributed by atoms with Gasteiger partial charge in [-0.2, -0.15) is 0 Å². The maximum absolute atomic E-state index is 11.7. The zero-order chi connectivity index (χ0) is 12.5. The molecule has 0 aliphatic carbocycles. The molecule has 0 radical (unpaired) electrons. The quantitative estimate of drug-likeness (QED) is 0.622. The van der Waals surface area contributed by atoms with Crippen LogP contribution in [0.25, 0.3) is 0 Å². The highest BCUT2D eigenvalue weighted by molar-refractivity contribution is 6.42. The molecule has 1 aromatic carbocycles. The van der Waals surface area contributed by atoms with Crippen LogP contribution in [0.5, 0.6) is 0 Å². The molecule has 0 heterocycles. The number of nitrogen functional groups attached to an aromatic ring is 1. The molecular weight excluding hydrogens is 249 g/mol. The van der Waals surface area contributed by atoms with Crippen LogP contribution < -0.4 is 5.73 Å². The molecule has 16 heavy (non-hydrogen) atoms. The van der Waals surface area contributed by atoms with Crippen molar-refractivity contribution >= 4 is 34.9 Å².